The van der Waals surface area contributed by atoms with Crippen LogP contribution in [0.4, 0.5) is 0 Å². The second kappa shape index (κ2) is 5.34. The topological polar surface area (TPSA) is 53.4 Å². The summed E-state index contributed by atoms with van der Waals surface area (Å²) in [6.07, 6.45) is 6.12. The Morgan fingerprint density at radius 1 is 1.17 bits per heavy atom. The lowest BCUT2D eigenvalue weighted by molar-refractivity contribution is 0.174. The summed E-state index contributed by atoms with van der Waals surface area (Å²) in [5, 5.41) is 0.831. The molecule has 1 aliphatic heterocycles. The summed E-state index contributed by atoms with van der Waals surface area (Å²) in [6, 6.07) is 5.79. The van der Waals surface area contributed by atoms with Crippen molar-refractivity contribution in [3.8, 4) is 11.5 Å². The number of aromatic nitrogens is 2. The highest BCUT2D eigenvalue weighted by atomic mass is 32.1. The number of benzene rings is 1. The molecule has 0 saturated carbocycles. The van der Waals surface area contributed by atoms with Gasteiger partial charge in [-0.25, -0.2) is 4.98 Å². The van der Waals surface area contributed by atoms with Gasteiger partial charge in [-0.15, -0.1) is 11.3 Å². The van der Waals surface area contributed by atoms with Gasteiger partial charge in [-0.3, -0.25) is 9.36 Å². The Kier molecular flexibility index (Phi) is 3.13. The molecule has 3 aromatic rings. The number of hydrogen-bond donors (Lipinski definition) is 0. The molecule has 0 amide bonds. The Morgan fingerprint density at radius 2 is 2.04 bits per heavy atom. The lowest BCUT2D eigenvalue weighted by Gasteiger charge is -2.10. The normalized spacial score (nSPS) is 15.7. The first-order chi connectivity index (χ1) is 11.8. The molecule has 0 radical (unpaired) electrons. The van der Waals surface area contributed by atoms with Crippen LogP contribution in [0.15, 0.2) is 29.3 Å². The maximum atomic E-state index is 13.0. The van der Waals surface area contributed by atoms with Crippen molar-refractivity contribution in [1.82, 2.24) is 9.55 Å². The number of thiophene rings is 1. The first-order valence-corrected chi connectivity index (χ1v) is 8.99. The van der Waals surface area contributed by atoms with Gasteiger partial charge in [0.2, 0.25) is 6.79 Å². The Labute approximate surface area is 142 Å². The number of fused-ring (bicyclic) bond motifs is 4. The van der Waals surface area contributed by atoms with Gasteiger partial charge in [0.1, 0.15) is 4.83 Å². The summed E-state index contributed by atoms with van der Waals surface area (Å²) in [5.74, 6) is 1.49. The van der Waals surface area contributed by atoms with Crippen molar-refractivity contribution < 1.29 is 9.47 Å². The van der Waals surface area contributed by atoms with Crippen molar-refractivity contribution in [3.05, 3.63) is 50.9 Å². The summed E-state index contributed by atoms with van der Waals surface area (Å²) in [7, 11) is 0. The average molecular weight is 340 g/mol. The minimum Gasteiger partial charge on any atom is -0.454 e. The maximum absolute atomic E-state index is 13.0. The minimum atomic E-state index is 0.0667. The van der Waals surface area contributed by atoms with Gasteiger partial charge in [0.15, 0.2) is 11.5 Å². The molecule has 0 atom stereocenters. The van der Waals surface area contributed by atoms with Gasteiger partial charge in [0.25, 0.3) is 5.56 Å². The summed E-state index contributed by atoms with van der Waals surface area (Å²) in [6.45, 7) is 0.746. The Morgan fingerprint density at radius 3 is 3.00 bits per heavy atom. The number of aryl methyl sites for hydroxylation is 2. The number of nitrogens with zero attached hydrogens (tertiary/aromatic N) is 2. The second-order valence-corrected chi connectivity index (χ2v) is 7.34. The van der Waals surface area contributed by atoms with Crippen molar-refractivity contribution in [2.45, 2.75) is 32.2 Å². The predicted molar refractivity (Wildman–Crippen MR) is 92.2 cm³/mol. The Balaban J connectivity index is 1.57. The molecule has 0 spiro atoms. The third kappa shape index (κ3) is 2.13. The van der Waals surface area contributed by atoms with Crippen LogP contribution in [0.1, 0.15) is 28.8 Å². The fraction of sp³-hybridized carbons (Fsp3) is 0.333. The summed E-state index contributed by atoms with van der Waals surface area (Å²) in [4.78, 5) is 19.7. The molecule has 2 aliphatic rings. The first kappa shape index (κ1) is 14.0. The highest BCUT2D eigenvalue weighted by Crippen LogP contribution is 2.34. The van der Waals surface area contributed by atoms with Crippen LogP contribution in [0, 0.1) is 0 Å². The van der Waals surface area contributed by atoms with Crippen LogP contribution in [-0.4, -0.2) is 16.3 Å². The molecule has 5 nitrogen and oxygen atoms in total. The molecular weight excluding hydrogens is 324 g/mol. The van der Waals surface area contributed by atoms with E-state index in [4.69, 9.17) is 9.47 Å². The van der Waals surface area contributed by atoms with Gasteiger partial charge in [0.05, 0.1) is 18.3 Å². The van der Waals surface area contributed by atoms with Gasteiger partial charge < -0.3 is 9.47 Å². The highest BCUT2D eigenvalue weighted by molar-refractivity contribution is 7.18. The molecule has 3 heterocycles. The molecule has 24 heavy (non-hydrogen) atoms. The second-order valence-electron chi connectivity index (χ2n) is 6.26. The van der Waals surface area contributed by atoms with Crippen LogP contribution in [0.3, 0.4) is 0 Å². The molecule has 0 bridgehead atoms. The van der Waals surface area contributed by atoms with E-state index in [9.17, 15) is 4.79 Å². The van der Waals surface area contributed by atoms with E-state index < -0.39 is 0 Å². The number of rotatable bonds is 2. The van der Waals surface area contributed by atoms with E-state index in [1.165, 1.54) is 16.9 Å². The Hall–Kier alpha value is -2.34. The molecular formula is C18H16N2O3S. The van der Waals surface area contributed by atoms with Crippen LogP contribution in [0.2, 0.25) is 0 Å². The lowest BCUT2D eigenvalue weighted by Crippen LogP contribution is -2.21. The van der Waals surface area contributed by atoms with Crippen LogP contribution in [0.25, 0.3) is 10.2 Å². The quantitative estimate of drug-likeness (QED) is 0.719. The fourth-order valence-electron chi connectivity index (χ4n) is 3.53. The van der Waals surface area contributed by atoms with Crippen molar-refractivity contribution in [3.63, 3.8) is 0 Å². The zero-order valence-corrected chi connectivity index (χ0v) is 13.9. The molecule has 0 N–H and O–H groups in total. The minimum absolute atomic E-state index is 0.0667. The average Bonchev–Trinajstić information content (AvgIpc) is 3.21. The van der Waals surface area contributed by atoms with E-state index in [2.05, 4.69) is 4.98 Å². The molecule has 122 valence electrons. The van der Waals surface area contributed by atoms with Crippen LogP contribution < -0.4 is 15.0 Å². The van der Waals surface area contributed by atoms with Crippen molar-refractivity contribution in [2.75, 3.05) is 6.79 Å². The largest absolute Gasteiger partial charge is 0.454 e. The summed E-state index contributed by atoms with van der Waals surface area (Å²) in [5.41, 5.74) is 2.31. The van der Waals surface area contributed by atoms with Crippen LogP contribution >= 0.6 is 11.3 Å². The highest BCUT2D eigenvalue weighted by Gasteiger charge is 2.20. The lowest BCUT2D eigenvalue weighted by atomic mass is 9.97. The first-order valence-electron chi connectivity index (χ1n) is 8.18. The van der Waals surface area contributed by atoms with Crippen molar-refractivity contribution in [1.29, 1.82) is 0 Å². The monoisotopic (exact) mass is 340 g/mol. The molecule has 0 unspecified atom stereocenters. The van der Waals surface area contributed by atoms with Crippen molar-refractivity contribution in [2.24, 2.45) is 0 Å². The number of ether oxygens (including phenoxy) is 2. The molecule has 6 heteroatoms. The van der Waals surface area contributed by atoms with Gasteiger partial charge in [-0.2, -0.15) is 0 Å². The van der Waals surface area contributed by atoms with E-state index in [1.807, 2.05) is 18.2 Å². The van der Waals surface area contributed by atoms with E-state index >= 15 is 0 Å². The van der Waals surface area contributed by atoms with Gasteiger partial charge >= 0.3 is 0 Å². The molecule has 2 aromatic heterocycles. The molecule has 1 aromatic carbocycles. The predicted octanol–water partition coefficient (Wildman–Crippen LogP) is 3.11. The van der Waals surface area contributed by atoms with Gasteiger partial charge in [0, 0.05) is 4.88 Å². The summed E-state index contributed by atoms with van der Waals surface area (Å²) < 4.78 is 12.4. The zero-order chi connectivity index (χ0) is 16.1. The summed E-state index contributed by atoms with van der Waals surface area (Å²) >= 11 is 1.68. The van der Waals surface area contributed by atoms with Crippen LogP contribution in [-0.2, 0) is 19.4 Å². The third-order valence-electron chi connectivity index (χ3n) is 4.73. The van der Waals surface area contributed by atoms with Gasteiger partial charge in [-0.1, -0.05) is 6.07 Å². The number of hydrogen-bond acceptors (Lipinski definition) is 5. The van der Waals surface area contributed by atoms with Gasteiger partial charge in [-0.05, 0) is 48.9 Å². The van der Waals surface area contributed by atoms with E-state index in [0.29, 0.717) is 6.54 Å². The van der Waals surface area contributed by atoms with E-state index in [1.54, 1.807) is 22.2 Å². The molecule has 0 fully saturated rings. The van der Waals surface area contributed by atoms with E-state index in [0.717, 1.165) is 46.5 Å². The van der Waals surface area contributed by atoms with Crippen LogP contribution in [0.5, 0.6) is 11.5 Å². The fourth-order valence-corrected chi connectivity index (χ4v) is 4.75. The SMILES string of the molecule is O=c1c2c3c(sc2ncn1Cc1ccc2c(c1)OCO2)CCCC3. The molecule has 0 saturated heterocycles. The zero-order valence-electron chi connectivity index (χ0n) is 13.1. The van der Waals surface area contributed by atoms with Crippen molar-refractivity contribution >= 4 is 21.6 Å². The Bertz CT molecular complexity index is 1010. The van der Waals surface area contributed by atoms with E-state index in [-0.39, 0.29) is 12.4 Å². The smallest absolute Gasteiger partial charge is 0.262 e. The molecule has 1 aliphatic carbocycles. The maximum Gasteiger partial charge on any atom is 0.262 e. The molecule has 5 rings (SSSR count). The standard InChI is InChI=1S/C18H16N2O3S/c21-18-16-12-3-1-2-4-15(12)24-17(16)19-9-20(18)8-11-5-6-13-14(7-11)23-10-22-13/h5-7,9H,1-4,8,10H2. The third-order valence-corrected chi connectivity index (χ3v) is 5.93.